The maximum Gasteiger partial charge on any atom is 0.255 e. The Morgan fingerprint density at radius 2 is 1.84 bits per heavy atom. The average Bonchev–Trinajstić information content (AvgIpc) is 2.69. The van der Waals surface area contributed by atoms with Gasteiger partial charge in [-0.3, -0.25) is 14.4 Å². The Bertz CT molecular complexity index is 1170. The third-order valence-corrected chi connectivity index (χ3v) is 7.31. The van der Waals surface area contributed by atoms with Crippen molar-refractivity contribution in [2.75, 3.05) is 18.0 Å². The monoisotopic (exact) mass is 441 g/mol. The standard InChI is InChI=1S/C22H23N3O7/c23-16-10-7-8-6-9-11(25-4-1-5-25)2-3-12(26)14(9)17(27)13(8)19(29)22(10,32)20(30)15(18(16)28)21(24)31/h2-3,8,10,16,26-27,30,32H,1,4-7,23H2,(H2,24,31)/t8-,10-,16+,22-/m0/s1. The minimum atomic E-state index is -2.68. The van der Waals surface area contributed by atoms with Crippen LogP contribution in [0.2, 0.25) is 0 Å². The van der Waals surface area contributed by atoms with Gasteiger partial charge in [0, 0.05) is 30.3 Å². The summed E-state index contributed by atoms with van der Waals surface area (Å²) in [6.45, 7) is 1.66. The minimum absolute atomic E-state index is 0.000815. The first-order valence-corrected chi connectivity index (χ1v) is 10.4. The lowest BCUT2D eigenvalue weighted by Crippen LogP contribution is -2.65. The number of phenols is 1. The molecule has 1 saturated heterocycles. The Labute approximate surface area is 182 Å². The number of anilines is 1. The number of hydrogen-bond donors (Lipinski definition) is 6. The number of carbonyl (C=O) groups is 3. The summed E-state index contributed by atoms with van der Waals surface area (Å²) in [4.78, 5) is 39.9. The zero-order chi connectivity index (χ0) is 23.1. The van der Waals surface area contributed by atoms with Crippen molar-refractivity contribution in [1.29, 1.82) is 0 Å². The molecular formula is C22H23N3O7. The van der Waals surface area contributed by atoms with Crippen LogP contribution in [0.5, 0.6) is 5.75 Å². The average molecular weight is 441 g/mol. The molecule has 1 heterocycles. The van der Waals surface area contributed by atoms with Crippen LogP contribution in [0.1, 0.15) is 24.0 Å². The number of hydrogen-bond acceptors (Lipinski definition) is 9. The van der Waals surface area contributed by atoms with Crippen LogP contribution in [0, 0.1) is 11.8 Å². The van der Waals surface area contributed by atoms with Gasteiger partial charge in [-0.2, -0.15) is 0 Å². The van der Waals surface area contributed by atoms with E-state index in [9.17, 15) is 34.8 Å². The summed E-state index contributed by atoms with van der Waals surface area (Å²) >= 11 is 0. The molecule has 32 heavy (non-hydrogen) atoms. The van der Waals surface area contributed by atoms with E-state index >= 15 is 0 Å². The first-order valence-electron chi connectivity index (χ1n) is 10.4. The summed E-state index contributed by atoms with van der Waals surface area (Å²) in [5, 5.41) is 43.4. The highest BCUT2D eigenvalue weighted by molar-refractivity contribution is 6.24. The van der Waals surface area contributed by atoms with Gasteiger partial charge in [-0.1, -0.05) is 0 Å². The molecule has 0 aromatic heterocycles. The van der Waals surface area contributed by atoms with Crippen LogP contribution in [-0.4, -0.2) is 62.6 Å². The lowest BCUT2D eigenvalue weighted by Gasteiger charge is -2.48. The molecule has 4 atom stereocenters. The molecule has 168 valence electrons. The van der Waals surface area contributed by atoms with Gasteiger partial charge in [0.25, 0.3) is 5.91 Å². The maximum absolute atomic E-state index is 13.5. The van der Waals surface area contributed by atoms with Crippen molar-refractivity contribution in [2.24, 2.45) is 23.3 Å². The third-order valence-electron chi connectivity index (χ3n) is 7.31. The van der Waals surface area contributed by atoms with E-state index in [1.54, 1.807) is 6.07 Å². The fraction of sp³-hybridized carbons (Fsp3) is 0.409. The summed E-state index contributed by atoms with van der Waals surface area (Å²) < 4.78 is 0. The van der Waals surface area contributed by atoms with Crippen LogP contribution in [0.15, 0.2) is 29.0 Å². The van der Waals surface area contributed by atoms with Crippen molar-refractivity contribution in [3.8, 4) is 5.75 Å². The van der Waals surface area contributed by atoms with Gasteiger partial charge in [0.15, 0.2) is 11.4 Å². The highest BCUT2D eigenvalue weighted by Gasteiger charge is 2.63. The van der Waals surface area contributed by atoms with E-state index in [-0.39, 0.29) is 29.7 Å². The number of aliphatic hydroxyl groups is 3. The van der Waals surface area contributed by atoms with Crippen LogP contribution in [-0.2, 0) is 20.8 Å². The molecule has 10 heteroatoms. The van der Waals surface area contributed by atoms with Gasteiger partial charge in [-0.15, -0.1) is 0 Å². The highest BCUT2D eigenvalue weighted by Crippen LogP contribution is 2.53. The van der Waals surface area contributed by atoms with E-state index in [1.165, 1.54) is 6.07 Å². The summed E-state index contributed by atoms with van der Waals surface area (Å²) in [5.74, 6) is -6.99. The molecular weight excluding hydrogens is 418 g/mol. The molecule has 1 amide bonds. The van der Waals surface area contributed by atoms with Crippen LogP contribution >= 0.6 is 0 Å². The molecule has 1 aliphatic heterocycles. The SMILES string of the molecule is NC(=O)C1=C(O)[C@@]2(O)C(=O)C3=C(O)c4c(O)ccc(N5CCC5)c4C[C@H]3C[C@H]2[C@@H](N)C1=O. The molecule has 0 radical (unpaired) electrons. The smallest absolute Gasteiger partial charge is 0.255 e. The van der Waals surface area contributed by atoms with E-state index in [4.69, 9.17) is 11.5 Å². The number of benzene rings is 1. The summed E-state index contributed by atoms with van der Waals surface area (Å²) in [7, 11) is 0. The van der Waals surface area contributed by atoms with Crippen molar-refractivity contribution in [3.05, 3.63) is 40.2 Å². The van der Waals surface area contributed by atoms with Gasteiger partial charge in [-0.25, -0.2) is 0 Å². The number of nitrogens with two attached hydrogens (primary N) is 2. The molecule has 0 spiro atoms. The van der Waals surface area contributed by atoms with E-state index in [0.717, 1.165) is 25.2 Å². The first-order chi connectivity index (χ1) is 15.1. The summed E-state index contributed by atoms with van der Waals surface area (Å²) in [6.07, 6.45) is 1.28. The van der Waals surface area contributed by atoms with Gasteiger partial charge in [0.1, 0.15) is 22.8 Å². The number of aliphatic hydroxyl groups excluding tert-OH is 2. The lowest BCUT2D eigenvalue weighted by atomic mass is 9.58. The number of ketones is 2. The largest absolute Gasteiger partial charge is 0.508 e. The molecule has 1 aromatic carbocycles. The minimum Gasteiger partial charge on any atom is -0.508 e. The second-order valence-corrected chi connectivity index (χ2v) is 8.88. The van der Waals surface area contributed by atoms with E-state index in [2.05, 4.69) is 4.90 Å². The zero-order valence-corrected chi connectivity index (χ0v) is 17.0. The predicted octanol–water partition coefficient (Wildman–Crippen LogP) is -0.429. The maximum atomic E-state index is 13.5. The van der Waals surface area contributed by atoms with Crippen LogP contribution in [0.4, 0.5) is 5.69 Å². The van der Waals surface area contributed by atoms with Gasteiger partial charge < -0.3 is 36.8 Å². The molecule has 0 unspecified atom stereocenters. The molecule has 3 aliphatic carbocycles. The predicted molar refractivity (Wildman–Crippen MR) is 112 cm³/mol. The van der Waals surface area contributed by atoms with Gasteiger partial charge in [0.05, 0.1) is 11.6 Å². The van der Waals surface area contributed by atoms with Crippen LogP contribution in [0.3, 0.4) is 0 Å². The number of rotatable bonds is 2. The van der Waals surface area contributed by atoms with Gasteiger partial charge >= 0.3 is 0 Å². The van der Waals surface area contributed by atoms with Crippen molar-refractivity contribution < 1.29 is 34.8 Å². The number of nitrogens with zero attached hydrogens (tertiary/aromatic N) is 1. The Morgan fingerprint density at radius 1 is 1.16 bits per heavy atom. The molecule has 2 fully saturated rings. The van der Waals surface area contributed by atoms with Crippen molar-refractivity contribution in [3.63, 3.8) is 0 Å². The number of phenolic OH excluding ortho intramolecular Hbond substituents is 1. The van der Waals surface area contributed by atoms with Gasteiger partial charge in [-0.05, 0) is 42.9 Å². The molecule has 0 bridgehead atoms. The molecule has 10 nitrogen and oxygen atoms in total. The lowest BCUT2D eigenvalue weighted by molar-refractivity contribution is -0.149. The number of carbonyl (C=O) groups excluding carboxylic acids is 3. The van der Waals surface area contributed by atoms with Crippen LogP contribution in [0.25, 0.3) is 5.76 Å². The second kappa shape index (κ2) is 6.57. The quantitative estimate of drug-likeness (QED) is 0.331. The Morgan fingerprint density at radius 3 is 2.44 bits per heavy atom. The fourth-order valence-electron chi connectivity index (χ4n) is 5.55. The highest BCUT2D eigenvalue weighted by atomic mass is 16.3. The van der Waals surface area contributed by atoms with Crippen molar-refractivity contribution in [2.45, 2.75) is 30.9 Å². The first kappa shape index (κ1) is 20.5. The van der Waals surface area contributed by atoms with E-state index < -0.39 is 58.0 Å². The van der Waals surface area contributed by atoms with E-state index in [0.29, 0.717) is 5.56 Å². The Balaban J connectivity index is 1.71. The summed E-state index contributed by atoms with van der Waals surface area (Å²) in [5.41, 5.74) is 9.04. The Hall–Kier alpha value is -3.37. The normalized spacial score (nSPS) is 31.7. The van der Waals surface area contributed by atoms with Gasteiger partial charge in [0.2, 0.25) is 5.78 Å². The molecule has 1 aromatic rings. The number of fused-ring (bicyclic) bond motifs is 3. The third kappa shape index (κ3) is 2.39. The Kier molecular flexibility index (Phi) is 4.21. The molecule has 5 rings (SSSR count). The molecule has 8 N–H and O–H groups in total. The fourth-order valence-corrected chi connectivity index (χ4v) is 5.55. The zero-order valence-electron chi connectivity index (χ0n) is 17.0. The number of Topliss-reactive ketones (excluding diaryl/α,β-unsaturated/α-hetero) is 2. The van der Waals surface area contributed by atoms with Crippen molar-refractivity contribution >= 4 is 28.9 Å². The number of amides is 1. The number of primary amides is 1. The number of aromatic hydroxyl groups is 1. The second-order valence-electron chi connectivity index (χ2n) is 8.88. The summed E-state index contributed by atoms with van der Waals surface area (Å²) in [6, 6.07) is 1.76. The van der Waals surface area contributed by atoms with Crippen LogP contribution < -0.4 is 16.4 Å². The molecule has 4 aliphatic rings. The molecule has 1 saturated carbocycles. The topological polar surface area (TPSA) is 187 Å². The van der Waals surface area contributed by atoms with Crippen molar-refractivity contribution in [1.82, 2.24) is 0 Å². The van der Waals surface area contributed by atoms with E-state index in [1.807, 2.05) is 0 Å².